The molecule has 9 aromatic rings. The molecule has 0 saturated heterocycles. The van der Waals surface area contributed by atoms with Crippen LogP contribution in [0.5, 0.6) is 0 Å². The molecule has 0 N–H and O–H groups in total. The summed E-state index contributed by atoms with van der Waals surface area (Å²) in [7, 11) is 0. The van der Waals surface area contributed by atoms with Crippen LogP contribution in [0.3, 0.4) is 0 Å². The van der Waals surface area contributed by atoms with E-state index in [1.807, 2.05) is 0 Å². The third kappa shape index (κ3) is 4.09. The van der Waals surface area contributed by atoms with Crippen molar-refractivity contribution in [3.8, 4) is 44.5 Å². The molecule has 0 aliphatic rings. The molecule has 0 spiro atoms. The van der Waals surface area contributed by atoms with Gasteiger partial charge in [0.25, 0.3) is 0 Å². The summed E-state index contributed by atoms with van der Waals surface area (Å²) >= 11 is 0. The summed E-state index contributed by atoms with van der Waals surface area (Å²) in [6.07, 6.45) is 0. The Kier molecular flexibility index (Phi) is 5.89. The van der Waals surface area contributed by atoms with Crippen molar-refractivity contribution in [2.24, 2.45) is 0 Å². The molecule has 210 valence electrons. The van der Waals surface area contributed by atoms with E-state index in [0.717, 1.165) is 33.1 Å². The lowest BCUT2D eigenvalue weighted by atomic mass is 9.83. The summed E-state index contributed by atoms with van der Waals surface area (Å²) in [5, 5.41) is 7.25. The second kappa shape index (κ2) is 10.4. The van der Waals surface area contributed by atoms with E-state index in [9.17, 15) is 0 Å². The fourth-order valence-corrected chi connectivity index (χ4v) is 7.10. The molecule has 0 atom stereocenters. The Morgan fingerprint density at radius 3 is 1.42 bits per heavy atom. The smallest absolute Gasteiger partial charge is 0.143 e. The number of hydrogen-bond donors (Lipinski definition) is 0. The highest BCUT2D eigenvalue weighted by molar-refractivity contribution is 6.23. The van der Waals surface area contributed by atoms with Crippen LogP contribution in [0.1, 0.15) is 0 Å². The van der Waals surface area contributed by atoms with Gasteiger partial charge < -0.3 is 4.42 Å². The zero-order chi connectivity index (χ0) is 29.7. The minimum atomic E-state index is 0.902. The minimum absolute atomic E-state index is 0.902. The van der Waals surface area contributed by atoms with E-state index in [4.69, 9.17) is 4.42 Å². The molecule has 0 aliphatic heterocycles. The Hall–Kier alpha value is -5.92. The first-order valence-corrected chi connectivity index (χ1v) is 15.4. The average Bonchev–Trinajstić information content (AvgIpc) is 3.49. The molecule has 0 bridgehead atoms. The van der Waals surface area contributed by atoms with Gasteiger partial charge in [0, 0.05) is 16.3 Å². The highest BCUT2D eigenvalue weighted by Gasteiger charge is 2.20. The summed E-state index contributed by atoms with van der Waals surface area (Å²) in [6, 6.07) is 60.9. The van der Waals surface area contributed by atoms with Crippen molar-refractivity contribution in [3.63, 3.8) is 0 Å². The predicted molar refractivity (Wildman–Crippen MR) is 190 cm³/mol. The van der Waals surface area contributed by atoms with Crippen molar-refractivity contribution in [1.29, 1.82) is 0 Å². The highest BCUT2D eigenvalue weighted by Crippen LogP contribution is 2.47. The molecule has 1 heteroatoms. The van der Waals surface area contributed by atoms with Gasteiger partial charge in [0.1, 0.15) is 11.2 Å². The molecule has 1 aromatic heterocycles. The minimum Gasteiger partial charge on any atom is -0.455 e. The third-order valence-corrected chi connectivity index (χ3v) is 9.08. The lowest BCUT2D eigenvalue weighted by Gasteiger charge is -2.19. The maximum atomic E-state index is 6.54. The molecule has 0 fully saturated rings. The van der Waals surface area contributed by atoms with Crippen LogP contribution >= 0.6 is 0 Å². The molecule has 9 rings (SSSR count). The van der Waals surface area contributed by atoms with Crippen molar-refractivity contribution >= 4 is 43.5 Å². The number of hydrogen-bond acceptors (Lipinski definition) is 1. The first-order chi connectivity index (χ1) is 22.3. The normalized spacial score (nSPS) is 11.6. The van der Waals surface area contributed by atoms with Gasteiger partial charge in [-0.15, -0.1) is 0 Å². The van der Waals surface area contributed by atoms with Crippen LogP contribution in [0.25, 0.3) is 88.0 Å². The van der Waals surface area contributed by atoms with Crippen LogP contribution < -0.4 is 0 Å². The van der Waals surface area contributed by atoms with E-state index < -0.39 is 0 Å². The van der Waals surface area contributed by atoms with Crippen LogP contribution in [0.4, 0.5) is 0 Å². The van der Waals surface area contributed by atoms with Gasteiger partial charge in [-0.05, 0) is 72.6 Å². The second-order valence-corrected chi connectivity index (χ2v) is 11.6. The van der Waals surface area contributed by atoms with Crippen molar-refractivity contribution in [3.05, 3.63) is 170 Å². The highest BCUT2D eigenvalue weighted by atomic mass is 16.3. The molecular formula is C44H28O. The zero-order valence-corrected chi connectivity index (χ0v) is 24.6. The average molecular weight is 573 g/mol. The maximum absolute atomic E-state index is 6.54. The van der Waals surface area contributed by atoms with Gasteiger partial charge >= 0.3 is 0 Å². The van der Waals surface area contributed by atoms with Crippen LogP contribution in [0.15, 0.2) is 174 Å². The van der Waals surface area contributed by atoms with Crippen molar-refractivity contribution in [2.45, 2.75) is 0 Å². The fourth-order valence-electron chi connectivity index (χ4n) is 7.10. The van der Waals surface area contributed by atoms with Gasteiger partial charge in [0.2, 0.25) is 0 Å². The molecule has 45 heavy (non-hydrogen) atoms. The van der Waals surface area contributed by atoms with Gasteiger partial charge in [0.15, 0.2) is 0 Å². The maximum Gasteiger partial charge on any atom is 0.143 e. The number of para-hydroxylation sites is 1. The first kappa shape index (κ1) is 25.6. The quantitative estimate of drug-likeness (QED) is 0.191. The van der Waals surface area contributed by atoms with Crippen molar-refractivity contribution in [1.82, 2.24) is 0 Å². The molecule has 1 nitrogen and oxygen atoms in total. The first-order valence-electron chi connectivity index (χ1n) is 15.4. The SMILES string of the molecule is c1ccc(-c2ccccc2-c2c3ccccc3c(-c3ccc4oc5c(-c6ccccc6)cccc5c4c3)c3ccccc23)cc1. The van der Waals surface area contributed by atoms with Gasteiger partial charge in [-0.2, -0.15) is 0 Å². The molecule has 0 unspecified atom stereocenters. The number of fused-ring (bicyclic) bond motifs is 5. The molecule has 8 aromatic carbocycles. The topological polar surface area (TPSA) is 13.1 Å². The Morgan fingerprint density at radius 1 is 0.289 bits per heavy atom. The van der Waals surface area contributed by atoms with Crippen molar-refractivity contribution in [2.75, 3.05) is 0 Å². The van der Waals surface area contributed by atoms with E-state index >= 15 is 0 Å². The lowest BCUT2D eigenvalue weighted by Crippen LogP contribution is -1.92. The van der Waals surface area contributed by atoms with E-state index in [2.05, 4.69) is 170 Å². The van der Waals surface area contributed by atoms with Gasteiger partial charge in [0.05, 0.1) is 0 Å². The second-order valence-electron chi connectivity index (χ2n) is 11.6. The Balaban J connectivity index is 1.33. The van der Waals surface area contributed by atoms with E-state index in [0.29, 0.717) is 0 Å². The Morgan fingerprint density at radius 2 is 0.778 bits per heavy atom. The standard InChI is InChI=1S/C44H28O/c1-3-14-29(15-4-1)32-18-7-8-19-34(32)43-37-22-11-9-20-35(37)42(36-21-10-12-23-38(36)43)31-26-27-41-40(28-31)39-25-13-24-33(44(39)45-41)30-16-5-2-6-17-30/h1-28H. The number of benzene rings is 8. The summed E-state index contributed by atoms with van der Waals surface area (Å²) in [6.45, 7) is 0. The third-order valence-electron chi connectivity index (χ3n) is 9.08. The summed E-state index contributed by atoms with van der Waals surface area (Å²) < 4.78 is 6.54. The van der Waals surface area contributed by atoms with Gasteiger partial charge in [-0.1, -0.05) is 158 Å². The van der Waals surface area contributed by atoms with Crippen molar-refractivity contribution < 1.29 is 4.42 Å². The van der Waals surface area contributed by atoms with Crippen LogP contribution in [0.2, 0.25) is 0 Å². The molecule has 0 aliphatic carbocycles. The van der Waals surface area contributed by atoms with Crippen LogP contribution in [0, 0.1) is 0 Å². The molecule has 1 heterocycles. The lowest BCUT2D eigenvalue weighted by molar-refractivity contribution is 0.670. The number of furan rings is 1. The molecular weight excluding hydrogens is 544 g/mol. The summed E-state index contributed by atoms with van der Waals surface area (Å²) in [5.74, 6) is 0. The summed E-state index contributed by atoms with van der Waals surface area (Å²) in [5.41, 5.74) is 11.5. The van der Waals surface area contributed by atoms with Gasteiger partial charge in [-0.3, -0.25) is 0 Å². The van der Waals surface area contributed by atoms with E-state index in [1.54, 1.807) is 0 Å². The predicted octanol–water partition coefficient (Wildman–Crippen LogP) is 12.6. The van der Waals surface area contributed by atoms with Crippen LogP contribution in [-0.2, 0) is 0 Å². The van der Waals surface area contributed by atoms with E-state index in [1.165, 1.54) is 54.9 Å². The molecule has 0 radical (unpaired) electrons. The zero-order valence-electron chi connectivity index (χ0n) is 24.6. The largest absolute Gasteiger partial charge is 0.455 e. The Labute approximate surface area is 261 Å². The Bertz CT molecular complexity index is 2460. The number of rotatable bonds is 4. The van der Waals surface area contributed by atoms with Crippen LogP contribution in [-0.4, -0.2) is 0 Å². The monoisotopic (exact) mass is 572 g/mol. The summed E-state index contributed by atoms with van der Waals surface area (Å²) in [4.78, 5) is 0. The molecule has 0 amide bonds. The fraction of sp³-hybridized carbons (Fsp3) is 0. The van der Waals surface area contributed by atoms with Gasteiger partial charge in [-0.25, -0.2) is 0 Å². The van der Waals surface area contributed by atoms with E-state index in [-0.39, 0.29) is 0 Å². The molecule has 0 saturated carbocycles.